The summed E-state index contributed by atoms with van der Waals surface area (Å²) in [4.78, 5) is 31.2. The summed E-state index contributed by atoms with van der Waals surface area (Å²) in [7, 11) is 1.58. The molecule has 2 heterocycles. The Labute approximate surface area is 172 Å². The van der Waals surface area contributed by atoms with Crippen molar-refractivity contribution in [1.82, 2.24) is 4.90 Å². The second-order valence-electron chi connectivity index (χ2n) is 6.44. The number of methoxy groups -OCH3 is 1. The molecule has 0 spiro atoms. The number of benzene rings is 1. The van der Waals surface area contributed by atoms with E-state index in [0.29, 0.717) is 28.5 Å². The van der Waals surface area contributed by atoms with E-state index in [-0.39, 0.29) is 23.5 Å². The van der Waals surface area contributed by atoms with Gasteiger partial charge in [-0.15, -0.1) is 0 Å². The molecule has 4 rings (SSSR count). The minimum atomic E-state index is -0.575. The number of nitrogens with one attached hydrogen (secondary N) is 1. The zero-order valence-corrected chi connectivity index (χ0v) is 16.3. The third kappa shape index (κ3) is 3.88. The van der Waals surface area contributed by atoms with Crippen LogP contribution in [0.3, 0.4) is 0 Å². The number of allylic oxidation sites excluding steroid dienone is 1. The number of hydrogen-bond donors (Lipinski definition) is 1. The van der Waals surface area contributed by atoms with E-state index in [0.717, 1.165) is 0 Å². The molecular weight excluding hydrogens is 390 g/mol. The Bertz CT molecular complexity index is 1050. The van der Waals surface area contributed by atoms with E-state index in [2.05, 4.69) is 10.3 Å². The Kier molecular flexibility index (Phi) is 5.09. The molecule has 0 bridgehead atoms. The van der Waals surface area contributed by atoms with E-state index in [4.69, 9.17) is 21.4 Å². The number of amides is 2. The van der Waals surface area contributed by atoms with Crippen LogP contribution in [0.1, 0.15) is 5.76 Å². The van der Waals surface area contributed by atoms with Crippen molar-refractivity contribution in [2.75, 3.05) is 12.4 Å². The smallest absolute Gasteiger partial charge is 0.255 e. The van der Waals surface area contributed by atoms with Gasteiger partial charge in [-0.1, -0.05) is 12.2 Å². The fourth-order valence-electron chi connectivity index (χ4n) is 3.06. The number of hydrogen-bond acceptors (Lipinski definition) is 5. The fraction of sp³-hybridized carbons (Fsp3) is 0.143. The van der Waals surface area contributed by atoms with Gasteiger partial charge >= 0.3 is 0 Å². The van der Waals surface area contributed by atoms with Gasteiger partial charge in [-0.2, -0.15) is 0 Å². The van der Waals surface area contributed by atoms with E-state index in [9.17, 15) is 9.59 Å². The van der Waals surface area contributed by atoms with Gasteiger partial charge in [-0.25, -0.2) is 4.99 Å². The minimum absolute atomic E-state index is 0.152. The van der Waals surface area contributed by atoms with Crippen molar-refractivity contribution < 1.29 is 18.7 Å². The normalized spacial score (nSPS) is 18.1. The highest BCUT2D eigenvalue weighted by Crippen LogP contribution is 2.25. The van der Waals surface area contributed by atoms with Gasteiger partial charge in [-0.05, 0) is 54.7 Å². The number of carbonyl (C=O) groups is 2. The van der Waals surface area contributed by atoms with Crippen molar-refractivity contribution in [2.24, 2.45) is 10.9 Å². The van der Waals surface area contributed by atoms with Crippen LogP contribution in [0.25, 0.3) is 0 Å². The van der Waals surface area contributed by atoms with Gasteiger partial charge in [-0.3, -0.25) is 14.5 Å². The lowest BCUT2D eigenvalue weighted by molar-refractivity contribution is -0.129. The van der Waals surface area contributed by atoms with Crippen molar-refractivity contribution in [2.45, 2.75) is 6.54 Å². The third-order valence-corrected chi connectivity index (χ3v) is 4.89. The summed E-state index contributed by atoms with van der Waals surface area (Å²) >= 11 is 5.29. The van der Waals surface area contributed by atoms with Crippen LogP contribution in [-0.2, 0) is 16.1 Å². The monoisotopic (exact) mass is 407 g/mol. The summed E-state index contributed by atoms with van der Waals surface area (Å²) in [6.07, 6.45) is 6.43. The molecule has 146 valence electrons. The Morgan fingerprint density at radius 2 is 2.10 bits per heavy atom. The van der Waals surface area contributed by atoms with Crippen molar-refractivity contribution in [3.8, 4) is 5.75 Å². The minimum Gasteiger partial charge on any atom is -0.497 e. The van der Waals surface area contributed by atoms with Gasteiger partial charge in [0.25, 0.3) is 5.91 Å². The summed E-state index contributed by atoms with van der Waals surface area (Å²) in [5.41, 5.74) is 1.48. The molecule has 1 atom stereocenters. The lowest BCUT2D eigenvalue weighted by Gasteiger charge is -2.30. The predicted octanol–water partition coefficient (Wildman–Crippen LogP) is 3.11. The molecule has 2 amide bonds. The SMILES string of the molecule is COc1ccc(NC(=O)C2=CC3=NC(=S)N(Cc4ccco4)C(=O)C3C=C2)cc1. The maximum absolute atomic E-state index is 12.8. The lowest BCUT2D eigenvalue weighted by atomic mass is 9.91. The molecule has 0 fully saturated rings. The molecule has 1 unspecified atom stereocenters. The number of fused-ring (bicyclic) bond motifs is 1. The summed E-state index contributed by atoms with van der Waals surface area (Å²) in [5.74, 6) is 0.246. The third-order valence-electron chi connectivity index (χ3n) is 4.58. The Hall–Kier alpha value is -3.52. The molecule has 1 aliphatic carbocycles. The van der Waals surface area contributed by atoms with Crippen molar-refractivity contribution in [1.29, 1.82) is 0 Å². The molecular formula is C21H17N3O4S. The standard InChI is InChI=1S/C21H17N3O4S/c1-27-15-7-5-14(6-8-15)22-19(25)13-4-9-17-18(11-13)23-21(29)24(20(17)26)12-16-3-2-10-28-16/h2-11,17H,12H2,1H3,(H,22,25). The van der Waals surface area contributed by atoms with E-state index in [1.807, 2.05) is 0 Å². The van der Waals surface area contributed by atoms with Gasteiger partial charge in [0.1, 0.15) is 11.5 Å². The molecule has 1 N–H and O–H groups in total. The van der Waals surface area contributed by atoms with Crippen LogP contribution in [0.5, 0.6) is 5.75 Å². The van der Waals surface area contributed by atoms with Gasteiger partial charge in [0.15, 0.2) is 0 Å². The Morgan fingerprint density at radius 3 is 2.79 bits per heavy atom. The number of furan rings is 1. The van der Waals surface area contributed by atoms with Gasteiger partial charge < -0.3 is 14.5 Å². The van der Waals surface area contributed by atoms with Crippen LogP contribution >= 0.6 is 12.2 Å². The first-order valence-electron chi connectivity index (χ1n) is 8.87. The maximum Gasteiger partial charge on any atom is 0.255 e. The molecule has 29 heavy (non-hydrogen) atoms. The van der Waals surface area contributed by atoms with Crippen molar-refractivity contribution in [3.05, 3.63) is 72.2 Å². The van der Waals surface area contributed by atoms with E-state index < -0.39 is 5.92 Å². The average molecular weight is 407 g/mol. The summed E-state index contributed by atoms with van der Waals surface area (Å²) in [6, 6.07) is 10.5. The average Bonchev–Trinajstić information content (AvgIpc) is 3.24. The summed E-state index contributed by atoms with van der Waals surface area (Å²) in [5, 5.41) is 2.96. The van der Waals surface area contributed by atoms with Crippen LogP contribution in [-0.4, -0.2) is 34.6 Å². The zero-order valence-electron chi connectivity index (χ0n) is 15.5. The molecule has 8 heteroatoms. The quantitative estimate of drug-likeness (QED) is 0.770. The number of thiocarbonyl (C=S) groups is 1. The van der Waals surface area contributed by atoms with E-state index >= 15 is 0 Å². The lowest BCUT2D eigenvalue weighted by Crippen LogP contribution is -2.45. The first-order chi connectivity index (χ1) is 14.0. The molecule has 0 saturated carbocycles. The molecule has 0 saturated heterocycles. The van der Waals surface area contributed by atoms with Crippen LogP contribution in [0.15, 0.2) is 75.9 Å². The second-order valence-corrected chi connectivity index (χ2v) is 6.81. The Balaban J connectivity index is 1.50. The first-order valence-corrected chi connectivity index (χ1v) is 9.27. The first kappa shape index (κ1) is 18.8. The van der Waals surface area contributed by atoms with Crippen LogP contribution in [0, 0.1) is 5.92 Å². The highest BCUT2D eigenvalue weighted by atomic mass is 32.1. The van der Waals surface area contributed by atoms with Gasteiger partial charge in [0.05, 0.1) is 31.5 Å². The summed E-state index contributed by atoms with van der Waals surface area (Å²) in [6.45, 7) is 0.223. The van der Waals surface area contributed by atoms with Crippen molar-refractivity contribution >= 4 is 40.5 Å². The molecule has 1 aromatic heterocycles. The zero-order chi connectivity index (χ0) is 20.4. The number of nitrogens with zero attached hydrogens (tertiary/aromatic N) is 2. The van der Waals surface area contributed by atoms with Crippen LogP contribution in [0.4, 0.5) is 5.69 Å². The maximum atomic E-state index is 12.8. The number of carbonyl (C=O) groups excluding carboxylic acids is 2. The highest BCUT2D eigenvalue weighted by molar-refractivity contribution is 7.80. The number of anilines is 1. The molecule has 2 aliphatic rings. The number of aliphatic imine (C=N–C) groups is 1. The Morgan fingerprint density at radius 1 is 1.31 bits per heavy atom. The van der Waals surface area contributed by atoms with Gasteiger partial charge in [0.2, 0.25) is 11.0 Å². The van der Waals surface area contributed by atoms with E-state index in [1.54, 1.807) is 68.0 Å². The molecule has 2 aromatic rings. The topological polar surface area (TPSA) is 84.1 Å². The number of rotatable bonds is 5. The molecule has 1 aromatic carbocycles. The van der Waals surface area contributed by atoms with Crippen LogP contribution < -0.4 is 10.1 Å². The van der Waals surface area contributed by atoms with Crippen LogP contribution in [0.2, 0.25) is 0 Å². The van der Waals surface area contributed by atoms with Crippen molar-refractivity contribution in [3.63, 3.8) is 0 Å². The van der Waals surface area contributed by atoms with Gasteiger partial charge in [0, 0.05) is 11.3 Å². The fourth-order valence-corrected chi connectivity index (χ4v) is 3.32. The predicted molar refractivity (Wildman–Crippen MR) is 112 cm³/mol. The largest absolute Gasteiger partial charge is 0.497 e. The van der Waals surface area contributed by atoms with E-state index in [1.165, 1.54) is 4.90 Å². The molecule has 7 nitrogen and oxygen atoms in total. The summed E-state index contributed by atoms with van der Waals surface area (Å²) < 4.78 is 10.4. The molecule has 1 aliphatic heterocycles. The second kappa shape index (κ2) is 7.84. The number of ether oxygens (including phenoxy) is 1. The molecule has 0 radical (unpaired) electrons. The highest BCUT2D eigenvalue weighted by Gasteiger charge is 2.35.